The number of urea groups is 1. The molecule has 28 heavy (non-hydrogen) atoms. The van der Waals surface area contributed by atoms with Crippen LogP contribution in [0.3, 0.4) is 0 Å². The summed E-state index contributed by atoms with van der Waals surface area (Å²) in [5.41, 5.74) is 2.56. The molecule has 0 unspecified atom stereocenters. The first-order valence-corrected chi connectivity index (χ1v) is 11.7. The highest BCUT2D eigenvalue weighted by atomic mass is 32.2. The van der Waals surface area contributed by atoms with Gasteiger partial charge in [0.1, 0.15) is 4.21 Å². The highest BCUT2D eigenvalue weighted by Gasteiger charge is 2.30. The average Bonchev–Trinajstić information content (AvgIpc) is 3.31. The van der Waals surface area contributed by atoms with Gasteiger partial charge in [-0.1, -0.05) is 31.2 Å². The second kappa shape index (κ2) is 8.63. The fourth-order valence-electron chi connectivity index (χ4n) is 3.53. The maximum Gasteiger partial charge on any atom is 0.318 e. The summed E-state index contributed by atoms with van der Waals surface area (Å²) >= 11 is 1.19. The quantitative estimate of drug-likeness (QED) is 0.742. The van der Waals surface area contributed by atoms with Crippen LogP contribution in [0, 0.1) is 0 Å². The standard InChI is InChI=1S/C20H27N3O3S2/c1-4-13-23(18-11-9-15-7-5-6-8-17(15)18)20(24)21-14-16-10-12-19(27-16)28(25,26)22(2)3/h5-8,10,12,18H,4,9,11,13-14H2,1-3H3,(H,21,24)/t18-/m1/s1. The fraction of sp³-hybridized carbons (Fsp3) is 0.450. The number of fused-ring (bicyclic) bond motifs is 1. The second-order valence-electron chi connectivity index (χ2n) is 7.11. The third kappa shape index (κ3) is 4.24. The summed E-state index contributed by atoms with van der Waals surface area (Å²) in [6, 6.07) is 11.7. The van der Waals surface area contributed by atoms with Crippen LogP contribution in [0.2, 0.25) is 0 Å². The van der Waals surface area contributed by atoms with Gasteiger partial charge in [-0.2, -0.15) is 0 Å². The maximum atomic E-state index is 12.9. The van der Waals surface area contributed by atoms with Crippen molar-refractivity contribution in [2.45, 2.75) is 43.0 Å². The summed E-state index contributed by atoms with van der Waals surface area (Å²) in [4.78, 5) is 15.6. The van der Waals surface area contributed by atoms with Gasteiger partial charge in [0.15, 0.2) is 0 Å². The van der Waals surface area contributed by atoms with Crippen molar-refractivity contribution in [3.8, 4) is 0 Å². The van der Waals surface area contributed by atoms with Gasteiger partial charge in [0.25, 0.3) is 10.0 Å². The Morgan fingerprint density at radius 1 is 1.21 bits per heavy atom. The molecule has 1 aromatic heterocycles. The molecule has 152 valence electrons. The summed E-state index contributed by atoms with van der Waals surface area (Å²) in [6.45, 7) is 3.08. The van der Waals surface area contributed by atoms with Crippen LogP contribution in [0.4, 0.5) is 4.79 Å². The maximum absolute atomic E-state index is 12.9. The molecule has 1 N–H and O–H groups in total. The van der Waals surface area contributed by atoms with Crippen LogP contribution in [0.5, 0.6) is 0 Å². The number of nitrogens with zero attached hydrogens (tertiary/aromatic N) is 2. The van der Waals surface area contributed by atoms with E-state index in [1.165, 1.54) is 40.9 Å². The number of thiophene rings is 1. The molecule has 0 aliphatic heterocycles. The van der Waals surface area contributed by atoms with Crippen molar-refractivity contribution >= 4 is 27.4 Å². The van der Waals surface area contributed by atoms with Gasteiger partial charge in [0.05, 0.1) is 12.6 Å². The topological polar surface area (TPSA) is 69.7 Å². The molecule has 2 aromatic rings. The molecule has 0 fully saturated rings. The van der Waals surface area contributed by atoms with Crippen LogP contribution >= 0.6 is 11.3 Å². The summed E-state index contributed by atoms with van der Waals surface area (Å²) in [6.07, 6.45) is 2.82. The van der Waals surface area contributed by atoms with Gasteiger partial charge in [-0.25, -0.2) is 17.5 Å². The monoisotopic (exact) mass is 421 g/mol. The van der Waals surface area contributed by atoms with Gasteiger partial charge in [-0.15, -0.1) is 11.3 Å². The number of benzene rings is 1. The van der Waals surface area contributed by atoms with Crippen molar-refractivity contribution in [1.82, 2.24) is 14.5 Å². The van der Waals surface area contributed by atoms with Crippen molar-refractivity contribution in [3.63, 3.8) is 0 Å². The van der Waals surface area contributed by atoms with E-state index in [0.29, 0.717) is 13.1 Å². The number of sulfonamides is 1. The number of rotatable bonds is 7. The minimum Gasteiger partial charge on any atom is -0.333 e. The van der Waals surface area contributed by atoms with Crippen molar-refractivity contribution in [2.75, 3.05) is 20.6 Å². The first-order valence-electron chi connectivity index (χ1n) is 9.48. The highest BCUT2D eigenvalue weighted by Crippen LogP contribution is 2.35. The molecule has 2 amide bonds. The number of hydrogen-bond donors (Lipinski definition) is 1. The van der Waals surface area contributed by atoms with E-state index in [9.17, 15) is 13.2 Å². The fourth-order valence-corrected chi connectivity index (χ4v) is 6.00. The largest absolute Gasteiger partial charge is 0.333 e. The number of amides is 2. The van der Waals surface area contributed by atoms with Crippen LogP contribution in [-0.4, -0.2) is 44.3 Å². The minimum atomic E-state index is -3.44. The van der Waals surface area contributed by atoms with E-state index in [4.69, 9.17) is 0 Å². The van der Waals surface area contributed by atoms with Crippen molar-refractivity contribution in [1.29, 1.82) is 0 Å². The van der Waals surface area contributed by atoms with E-state index < -0.39 is 10.0 Å². The molecule has 0 bridgehead atoms. The lowest BCUT2D eigenvalue weighted by atomic mass is 10.1. The van der Waals surface area contributed by atoms with Crippen molar-refractivity contribution < 1.29 is 13.2 Å². The van der Waals surface area contributed by atoms with Gasteiger partial charge in [-0.05, 0) is 42.5 Å². The van der Waals surface area contributed by atoms with E-state index >= 15 is 0 Å². The second-order valence-corrected chi connectivity index (χ2v) is 10.7. The molecule has 8 heteroatoms. The van der Waals surface area contributed by atoms with Gasteiger partial charge >= 0.3 is 6.03 Å². The SMILES string of the molecule is CCCN(C(=O)NCc1ccc(S(=O)(=O)N(C)C)s1)[C@@H]1CCc2ccccc21. The predicted octanol–water partition coefficient (Wildman–Crippen LogP) is 3.61. The lowest BCUT2D eigenvalue weighted by Gasteiger charge is -2.29. The number of aryl methyl sites for hydroxylation is 1. The summed E-state index contributed by atoms with van der Waals surface area (Å²) < 4.78 is 25.9. The number of carbonyl (C=O) groups is 1. The Labute approximate surface area is 171 Å². The Bertz CT molecular complexity index is 938. The molecule has 1 aliphatic rings. The summed E-state index contributed by atoms with van der Waals surface area (Å²) in [7, 11) is -0.412. The molecular formula is C20H27N3O3S2. The zero-order valence-electron chi connectivity index (χ0n) is 16.5. The van der Waals surface area contributed by atoms with E-state index in [1.54, 1.807) is 12.1 Å². The normalized spacial score (nSPS) is 16.2. The Kier molecular flexibility index (Phi) is 6.42. The number of nitrogens with one attached hydrogen (secondary N) is 1. The van der Waals surface area contributed by atoms with E-state index in [1.807, 2.05) is 17.0 Å². The average molecular weight is 422 g/mol. The third-order valence-electron chi connectivity index (χ3n) is 4.99. The van der Waals surface area contributed by atoms with Crippen molar-refractivity contribution in [3.05, 3.63) is 52.4 Å². The van der Waals surface area contributed by atoms with Crippen LogP contribution in [-0.2, 0) is 23.0 Å². The van der Waals surface area contributed by atoms with Gasteiger partial charge in [0.2, 0.25) is 0 Å². The molecule has 0 saturated heterocycles. The number of hydrogen-bond acceptors (Lipinski definition) is 4. The molecule has 3 rings (SSSR count). The van der Waals surface area contributed by atoms with Crippen LogP contribution in [0.25, 0.3) is 0 Å². The Morgan fingerprint density at radius 2 is 1.96 bits per heavy atom. The molecule has 6 nitrogen and oxygen atoms in total. The Balaban J connectivity index is 1.69. The third-order valence-corrected chi connectivity index (χ3v) is 8.36. The van der Waals surface area contributed by atoms with Gasteiger partial charge in [0, 0.05) is 25.5 Å². The summed E-state index contributed by atoms with van der Waals surface area (Å²) in [5, 5.41) is 2.97. The molecular weight excluding hydrogens is 394 g/mol. The van der Waals surface area contributed by atoms with Crippen LogP contribution in [0.15, 0.2) is 40.6 Å². The Morgan fingerprint density at radius 3 is 2.68 bits per heavy atom. The lowest BCUT2D eigenvalue weighted by molar-refractivity contribution is 0.173. The summed E-state index contributed by atoms with van der Waals surface area (Å²) in [5.74, 6) is 0. The first kappa shape index (κ1) is 20.8. The molecule has 1 heterocycles. The molecule has 1 aliphatic carbocycles. The van der Waals surface area contributed by atoms with E-state index in [-0.39, 0.29) is 16.3 Å². The van der Waals surface area contributed by atoms with Crippen LogP contribution in [0.1, 0.15) is 41.8 Å². The zero-order chi connectivity index (χ0) is 20.3. The van der Waals surface area contributed by atoms with E-state index in [0.717, 1.165) is 24.1 Å². The Hall–Kier alpha value is -1.90. The first-order chi connectivity index (χ1) is 13.3. The lowest BCUT2D eigenvalue weighted by Crippen LogP contribution is -2.41. The molecule has 1 atom stereocenters. The zero-order valence-corrected chi connectivity index (χ0v) is 18.1. The highest BCUT2D eigenvalue weighted by molar-refractivity contribution is 7.91. The molecule has 0 spiro atoms. The molecule has 1 aromatic carbocycles. The minimum absolute atomic E-state index is 0.101. The predicted molar refractivity (Wildman–Crippen MR) is 112 cm³/mol. The van der Waals surface area contributed by atoms with E-state index in [2.05, 4.69) is 24.4 Å². The van der Waals surface area contributed by atoms with Crippen LogP contribution < -0.4 is 5.32 Å². The van der Waals surface area contributed by atoms with Gasteiger partial charge in [-0.3, -0.25) is 0 Å². The number of carbonyl (C=O) groups excluding carboxylic acids is 1. The molecule has 0 saturated carbocycles. The smallest absolute Gasteiger partial charge is 0.318 e. The molecule has 0 radical (unpaired) electrons. The van der Waals surface area contributed by atoms with Crippen molar-refractivity contribution in [2.24, 2.45) is 0 Å². The van der Waals surface area contributed by atoms with Gasteiger partial charge < -0.3 is 10.2 Å².